The van der Waals surface area contributed by atoms with Crippen molar-refractivity contribution in [1.29, 1.82) is 0 Å². The van der Waals surface area contributed by atoms with Gasteiger partial charge in [-0.1, -0.05) is 23.4 Å². The van der Waals surface area contributed by atoms with Crippen LogP contribution in [0.2, 0.25) is 5.02 Å². The molecule has 30 heavy (non-hydrogen) atoms. The zero-order valence-electron chi connectivity index (χ0n) is 16.0. The SMILES string of the molecule is Cc1cc(C)n(-c2nnc(SC(C)C(=O)Nc3ccc(Cl)c(C(F)(F)F)c3)n2N)n1. The van der Waals surface area contributed by atoms with Crippen molar-refractivity contribution in [1.82, 2.24) is 24.7 Å². The van der Waals surface area contributed by atoms with E-state index in [-0.39, 0.29) is 16.8 Å². The first kappa shape index (κ1) is 22.0. The summed E-state index contributed by atoms with van der Waals surface area (Å²) < 4.78 is 41.7. The second-order valence-electron chi connectivity index (χ2n) is 6.43. The minimum absolute atomic E-state index is 0.0262. The van der Waals surface area contributed by atoms with Crippen LogP contribution in [0.4, 0.5) is 18.9 Å². The molecule has 1 unspecified atom stereocenters. The summed E-state index contributed by atoms with van der Waals surface area (Å²) in [6, 6.07) is 5.00. The summed E-state index contributed by atoms with van der Waals surface area (Å²) in [5.74, 6) is 5.77. The van der Waals surface area contributed by atoms with E-state index < -0.39 is 27.9 Å². The first-order chi connectivity index (χ1) is 14.0. The van der Waals surface area contributed by atoms with E-state index in [1.165, 1.54) is 15.4 Å². The Balaban J connectivity index is 1.73. The Labute approximate surface area is 178 Å². The average molecular weight is 460 g/mol. The van der Waals surface area contributed by atoms with Crippen molar-refractivity contribution in [2.45, 2.75) is 37.4 Å². The Kier molecular flexibility index (Phi) is 5.99. The monoisotopic (exact) mass is 459 g/mol. The smallest absolute Gasteiger partial charge is 0.334 e. The molecule has 0 saturated carbocycles. The number of halogens is 4. The number of hydrogen-bond donors (Lipinski definition) is 2. The van der Waals surface area contributed by atoms with E-state index in [0.29, 0.717) is 0 Å². The van der Waals surface area contributed by atoms with Crippen molar-refractivity contribution in [3.8, 4) is 5.95 Å². The zero-order valence-corrected chi connectivity index (χ0v) is 17.6. The third-order valence-electron chi connectivity index (χ3n) is 4.04. The lowest BCUT2D eigenvalue weighted by molar-refractivity contribution is -0.137. The Bertz CT molecular complexity index is 1100. The van der Waals surface area contributed by atoms with Crippen molar-refractivity contribution in [3.63, 3.8) is 0 Å². The van der Waals surface area contributed by atoms with Crippen molar-refractivity contribution >= 4 is 35.0 Å². The third-order valence-corrected chi connectivity index (χ3v) is 5.42. The molecular formula is C17H17ClF3N7OS. The van der Waals surface area contributed by atoms with Crippen LogP contribution < -0.4 is 11.2 Å². The van der Waals surface area contributed by atoms with Gasteiger partial charge in [0, 0.05) is 11.4 Å². The average Bonchev–Trinajstić information content (AvgIpc) is 3.17. The van der Waals surface area contributed by atoms with Gasteiger partial charge in [0.2, 0.25) is 11.1 Å². The molecule has 1 aromatic carbocycles. The summed E-state index contributed by atoms with van der Waals surface area (Å²) in [7, 11) is 0. The number of aromatic nitrogens is 5. The number of aryl methyl sites for hydroxylation is 2. The molecule has 0 aliphatic carbocycles. The molecule has 3 aromatic rings. The summed E-state index contributed by atoms with van der Waals surface area (Å²) in [6.45, 7) is 5.22. The number of anilines is 1. The number of nitrogens with two attached hydrogens (primary N) is 1. The second-order valence-corrected chi connectivity index (χ2v) is 8.15. The van der Waals surface area contributed by atoms with E-state index >= 15 is 0 Å². The van der Waals surface area contributed by atoms with Gasteiger partial charge in [-0.2, -0.15) is 18.3 Å². The maximum absolute atomic E-state index is 13.0. The van der Waals surface area contributed by atoms with Crippen molar-refractivity contribution < 1.29 is 18.0 Å². The first-order valence-corrected chi connectivity index (χ1v) is 9.81. The predicted molar refractivity (Wildman–Crippen MR) is 107 cm³/mol. The van der Waals surface area contributed by atoms with Gasteiger partial charge in [-0.3, -0.25) is 4.79 Å². The summed E-state index contributed by atoms with van der Waals surface area (Å²) in [4.78, 5) is 12.4. The second kappa shape index (κ2) is 8.19. The van der Waals surface area contributed by atoms with E-state index in [1.54, 1.807) is 6.92 Å². The molecular weight excluding hydrogens is 443 g/mol. The molecule has 0 saturated heterocycles. The summed E-state index contributed by atoms with van der Waals surface area (Å²) >= 11 is 6.60. The van der Waals surface area contributed by atoms with E-state index in [9.17, 15) is 18.0 Å². The number of nitrogens with one attached hydrogen (secondary N) is 1. The van der Waals surface area contributed by atoms with Crippen molar-refractivity contribution in [3.05, 3.63) is 46.2 Å². The van der Waals surface area contributed by atoms with Crippen LogP contribution in [0.1, 0.15) is 23.9 Å². The highest BCUT2D eigenvalue weighted by molar-refractivity contribution is 8.00. The number of alkyl halides is 3. The third kappa shape index (κ3) is 4.54. The fraction of sp³-hybridized carbons (Fsp3) is 0.294. The molecule has 0 aliphatic heterocycles. The molecule has 2 aromatic heterocycles. The predicted octanol–water partition coefficient (Wildman–Crippen LogP) is 3.59. The topological polar surface area (TPSA) is 104 Å². The van der Waals surface area contributed by atoms with Crippen LogP contribution in [0.15, 0.2) is 29.4 Å². The lowest BCUT2D eigenvalue weighted by atomic mass is 10.2. The molecule has 3 N–H and O–H groups in total. The molecule has 0 spiro atoms. The standard InChI is InChI=1S/C17H17ClF3N7OS/c1-8-6-9(2)28(26-8)15-24-25-16(27(15)22)30-10(3)14(29)23-11-4-5-13(18)12(7-11)17(19,20)21/h4-7,10H,22H2,1-3H3,(H,23,29). The van der Waals surface area contributed by atoms with Crippen LogP contribution >= 0.6 is 23.4 Å². The highest BCUT2D eigenvalue weighted by Crippen LogP contribution is 2.36. The molecule has 0 radical (unpaired) electrons. The van der Waals surface area contributed by atoms with Crippen molar-refractivity contribution in [2.24, 2.45) is 0 Å². The lowest BCUT2D eigenvalue weighted by Crippen LogP contribution is -2.24. The number of nitrogens with zero attached hydrogens (tertiary/aromatic N) is 5. The normalized spacial score (nSPS) is 12.8. The molecule has 2 heterocycles. The van der Waals surface area contributed by atoms with E-state index in [1.807, 2.05) is 19.9 Å². The van der Waals surface area contributed by atoms with Gasteiger partial charge in [-0.15, -0.1) is 10.2 Å². The van der Waals surface area contributed by atoms with Gasteiger partial charge < -0.3 is 11.2 Å². The molecule has 13 heteroatoms. The van der Waals surface area contributed by atoms with Gasteiger partial charge >= 0.3 is 6.18 Å². The molecule has 160 valence electrons. The summed E-state index contributed by atoms with van der Waals surface area (Å²) in [5.41, 5.74) is 0.524. The number of nitrogen functional groups attached to an aromatic ring is 1. The van der Waals surface area contributed by atoms with Gasteiger partial charge in [0.1, 0.15) is 0 Å². The molecule has 0 bridgehead atoms. The van der Waals surface area contributed by atoms with Gasteiger partial charge in [0.25, 0.3) is 5.95 Å². The number of amides is 1. The lowest BCUT2D eigenvalue weighted by Gasteiger charge is -2.14. The fourth-order valence-electron chi connectivity index (χ4n) is 2.60. The number of rotatable bonds is 5. The Morgan fingerprint density at radius 2 is 1.97 bits per heavy atom. The molecule has 0 fully saturated rings. The number of hydrogen-bond acceptors (Lipinski definition) is 6. The van der Waals surface area contributed by atoms with E-state index in [4.69, 9.17) is 17.4 Å². The Morgan fingerprint density at radius 3 is 2.57 bits per heavy atom. The zero-order chi connectivity index (χ0) is 22.2. The molecule has 1 atom stereocenters. The quantitative estimate of drug-likeness (QED) is 0.446. The van der Waals surface area contributed by atoms with Crippen LogP contribution in [0.25, 0.3) is 5.95 Å². The molecule has 8 nitrogen and oxygen atoms in total. The van der Waals surface area contributed by atoms with E-state index in [0.717, 1.165) is 35.3 Å². The van der Waals surface area contributed by atoms with Gasteiger partial charge in [0.15, 0.2) is 0 Å². The molecule has 0 aliphatic rings. The number of carbonyl (C=O) groups is 1. The Morgan fingerprint density at radius 1 is 1.27 bits per heavy atom. The van der Waals surface area contributed by atoms with Crippen LogP contribution in [-0.2, 0) is 11.0 Å². The minimum atomic E-state index is -4.63. The minimum Gasteiger partial charge on any atom is -0.334 e. The van der Waals surface area contributed by atoms with Crippen molar-refractivity contribution in [2.75, 3.05) is 11.2 Å². The van der Waals surface area contributed by atoms with E-state index in [2.05, 4.69) is 20.6 Å². The first-order valence-electron chi connectivity index (χ1n) is 8.55. The maximum Gasteiger partial charge on any atom is 0.417 e. The summed E-state index contributed by atoms with van der Waals surface area (Å²) in [6.07, 6.45) is -4.63. The van der Waals surface area contributed by atoms with Crippen LogP contribution in [0.5, 0.6) is 0 Å². The van der Waals surface area contributed by atoms with Gasteiger partial charge in [-0.05, 0) is 45.0 Å². The van der Waals surface area contributed by atoms with Gasteiger partial charge in [-0.25, -0.2) is 9.36 Å². The summed E-state index contributed by atoms with van der Waals surface area (Å²) in [5, 5.41) is 13.8. The van der Waals surface area contributed by atoms with Crippen LogP contribution in [0, 0.1) is 13.8 Å². The fourth-order valence-corrected chi connectivity index (χ4v) is 3.59. The molecule has 3 rings (SSSR count). The number of benzene rings is 1. The van der Waals surface area contributed by atoms with Gasteiger partial charge in [0.05, 0.1) is 21.5 Å². The highest BCUT2D eigenvalue weighted by atomic mass is 35.5. The van der Waals surface area contributed by atoms with Crippen LogP contribution in [-0.4, -0.2) is 35.8 Å². The maximum atomic E-state index is 13.0. The number of thioether (sulfide) groups is 1. The number of carbonyl (C=O) groups excluding carboxylic acids is 1. The molecule has 1 amide bonds. The van der Waals surface area contributed by atoms with Crippen LogP contribution in [0.3, 0.4) is 0 Å². The largest absolute Gasteiger partial charge is 0.417 e. The Hall–Kier alpha value is -2.73. The highest BCUT2D eigenvalue weighted by Gasteiger charge is 2.33.